The number of nitrogens with zero attached hydrogens (tertiary/aromatic N) is 1. The predicted octanol–water partition coefficient (Wildman–Crippen LogP) is 3.33. The molecule has 2 rings (SSSR count). The summed E-state index contributed by atoms with van der Waals surface area (Å²) in [6, 6.07) is 18.5. The first kappa shape index (κ1) is 20.2. The van der Waals surface area contributed by atoms with Gasteiger partial charge < -0.3 is 10.1 Å². The molecule has 2 N–H and O–H groups in total. The second kappa shape index (κ2) is 10.1. The van der Waals surface area contributed by atoms with E-state index in [1.54, 1.807) is 0 Å². The summed E-state index contributed by atoms with van der Waals surface area (Å²) in [5, 5.41) is 6.91. The largest absolute Gasteiger partial charge is 0.453 e. The van der Waals surface area contributed by atoms with E-state index in [1.165, 1.54) is 7.11 Å². The maximum Gasteiger partial charge on any atom is 0.407 e. The number of carbonyl (C=O) groups excluding carboxylic acids is 2. The van der Waals surface area contributed by atoms with Crippen molar-refractivity contribution in [1.29, 1.82) is 0 Å². The number of hydrazone groups is 1. The van der Waals surface area contributed by atoms with Crippen LogP contribution in [0.5, 0.6) is 0 Å². The smallest absolute Gasteiger partial charge is 0.407 e. The number of carbonyl (C=O) groups is 2. The highest BCUT2D eigenvalue weighted by molar-refractivity contribution is 6.13. The Balaban J connectivity index is 2.25. The highest BCUT2D eigenvalue weighted by Gasteiger charge is 2.22. The normalized spacial score (nSPS) is 11.4. The zero-order valence-electron chi connectivity index (χ0n) is 15.8. The molecule has 6 nitrogen and oxygen atoms in total. The molecule has 0 aliphatic heterocycles. The molecule has 0 saturated heterocycles. The number of rotatable bonds is 7. The van der Waals surface area contributed by atoms with Gasteiger partial charge in [0.25, 0.3) is 5.91 Å². The third-order valence-corrected chi connectivity index (χ3v) is 3.87. The number of amides is 2. The van der Waals surface area contributed by atoms with Gasteiger partial charge in [-0.15, -0.1) is 0 Å². The van der Waals surface area contributed by atoms with Crippen LogP contribution in [0, 0.1) is 5.92 Å². The molecule has 2 amide bonds. The number of ether oxygens (including phenoxy) is 1. The van der Waals surface area contributed by atoms with Crippen molar-refractivity contribution in [3.8, 4) is 0 Å². The van der Waals surface area contributed by atoms with Gasteiger partial charge in [-0.05, 0) is 12.3 Å². The van der Waals surface area contributed by atoms with Gasteiger partial charge in [-0.3, -0.25) is 4.79 Å². The second-order valence-corrected chi connectivity index (χ2v) is 6.49. The molecule has 0 heterocycles. The average molecular weight is 367 g/mol. The monoisotopic (exact) mass is 367 g/mol. The molecule has 0 aliphatic carbocycles. The lowest BCUT2D eigenvalue weighted by Gasteiger charge is -2.18. The van der Waals surface area contributed by atoms with Crippen LogP contribution in [0.2, 0.25) is 0 Å². The van der Waals surface area contributed by atoms with E-state index in [-0.39, 0.29) is 5.92 Å². The zero-order chi connectivity index (χ0) is 19.6. The molecule has 0 spiro atoms. The van der Waals surface area contributed by atoms with E-state index in [1.807, 2.05) is 74.5 Å². The summed E-state index contributed by atoms with van der Waals surface area (Å²) in [5.41, 5.74) is 5.00. The van der Waals surface area contributed by atoms with Gasteiger partial charge in [0.05, 0.1) is 12.8 Å². The minimum Gasteiger partial charge on any atom is -0.453 e. The van der Waals surface area contributed by atoms with E-state index >= 15 is 0 Å². The van der Waals surface area contributed by atoms with Crippen LogP contribution in [0.3, 0.4) is 0 Å². The lowest BCUT2D eigenvalue weighted by Crippen LogP contribution is -2.46. The standard InChI is InChI=1S/C21H25N3O3/c1-15(2)14-18(22-21(26)27-3)20(25)24-23-19(16-10-6-4-7-11-16)17-12-8-5-9-13-17/h4-13,15,18H,14H2,1-3H3,(H,22,26)(H,24,25). The number of hydrogen-bond donors (Lipinski definition) is 2. The first-order valence-electron chi connectivity index (χ1n) is 8.84. The number of alkyl carbamates (subject to hydrolysis) is 1. The molecule has 1 atom stereocenters. The fraction of sp³-hybridized carbons (Fsp3) is 0.286. The number of methoxy groups -OCH3 is 1. The summed E-state index contributed by atoms with van der Waals surface area (Å²) in [6.45, 7) is 3.95. The molecule has 6 heteroatoms. The van der Waals surface area contributed by atoms with Gasteiger partial charge in [0.15, 0.2) is 0 Å². The molecule has 2 aromatic rings. The van der Waals surface area contributed by atoms with E-state index in [4.69, 9.17) is 0 Å². The van der Waals surface area contributed by atoms with Crippen molar-refractivity contribution in [2.24, 2.45) is 11.0 Å². The van der Waals surface area contributed by atoms with Gasteiger partial charge in [-0.25, -0.2) is 10.2 Å². The summed E-state index contributed by atoms with van der Waals surface area (Å²) in [4.78, 5) is 24.1. The van der Waals surface area contributed by atoms with E-state index in [0.29, 0.717) is 12.1 Å². The van der Waals surface area contributed by atoms with Gasteiger partial charge in [-0.1, -0.05) is 74.5 Å². The van der Waals surface area contributed by atoms with Crippen LogP contribution >= 0.6 is 0 Å². The Morgan fingerprint density at radius 2 is 1.48 bits per heavy atom. The van der Waals surface area contributed by atoms with Crippen molar-refractivity contribution < 1.29 is 14.3 Å². The molecule has 0 bridgehead atoms. The third-order valence-electron chi connectivity index (χ3n) is 3.87. The Hall–Kier alpha value is -3.15. The Labute approximate surface area is 159 Å². The van der Waals surface area contributed by atoms with Gasteiger partial charge >= 0.3 is 6.09 Å². The van der Waals surface area contributed by atoms with Crippen LogP contribution in [0.1, 0.15) is 31.4 Å². The molecule has 0 radical (unpaired) electrons. The van der Waals surface area contributed by atoms with Crippen molar-refractivity contribution in [3.63, 3.8) is 0 Å². The molecule has 27 heavy (non-hydrogen) atoms. The zero-order valence-corrected chi connectivity index (χ0v) is 15.8. The van der Waals surface area contributed by atoms with E-state index < -0.39 is 18.0 Å². The fourth-order valence-electron chi connectivity index (χ4n) is 2.58. The maximum atomic E-state index is 12.6. The van der Waals surface area contributed by atoms with Crippen LogP contribution < -0.4 is 10.7 Å². The Bertz CT molecular complexity index is 732. The summed E-state index contributed by atoms with van der Waals surface area (Å²) in [7, 11) is 1.26. The maximum absolute atomic E-state index is 12.6. The summed E-state index contributed by atoms with van der Waals surface area (Å²) >= 11 is 0. The fourth-order valence-corrected chi connectivity index (χ4v) is 2.58. The van der Waals surface area contributed by atoms with Gasteiger partial charge in [-0.2, -0.15) is 5.10 Å². The van der Waals surface area contributed by atoms with Crippen LogP contribution in [-0.4, -0.2) is 30.9 Å². The molecule has 1 unspecified atom stereocenters. The first-order valence-corrected chi connectivity index (χ1v) is 8.84. The molecule has 2 aromatic carbocycles. The highest BCUT2D eigenvalue weighted by Crippen LogP contribution is 2.11. The SMILES string of the molecule is COC(=O)NC(CC(C)C)C(=O)NN=C(c1ccccc1)c1ccccc1. The Kier molecular flexibility index (Phi) is 7.55. The Morgan fingerprint density at radius 1 is 0.963 bits per heavy atom. The van der Waals surface area contributed by atoms with Crippen LogP contribution in [-0.2, 0) is 9.53 Å². The van der Waals surface area contributed by atoms with Crippen LogP contribution in [0.25, 0.3) is 0 Å². The molecule has 142 valence electrons. The van der Waals surface area contributed by atoms with Gasteiger partial charge in [0, 0.05) is 11.1 Å². The molecular formula is C21H25N3O3. The van der Waals surface area contributed by atoms with E-state index in [0.717, 1.165) is 11.1 Å². The summed E-state index contributed by atoms with van der Waals surface area (Å²) < 4.78 is 4.61. The minimum absolute atomic E-state index is 0.213. The second-order valence-electron chi connectivity index (χ2n) is 6.49. The molecular weight excluding hydrogens is 342 g/mol. The van der Waals surface area contributed by atoms with Crippen molar-refractivity contribution in [2.45, 2.75) is 26.3 Å². The molecule has 0 fully saturated rings. The third kappa shape index (κ3) is 6.26. The summed E-state index contributed by atoms with van der Waals surface area (Å²) in [5.74, 6) is -0.178. The Morgan fingerprint density at radius 3 is 1.93 bits per heavy atom. The van der Waals surface area contributed by atoms with Crippen molar-refractivity contribution >= 4 is 17.7 Å². The number of hydrogen-bond acceptors (Lipinski definition) is 4. The first-order chi connectivity index (χ1) is 13.0. The van der Waals surface area contributed by atoms with Crippen molar-refractivity contribution in [3.05, 3.63) is 71.8 Å². The summed E-state index contributed by atoms with van der Waals surface area (Å²) in [6.07, 6.45) is -0.172. The van der Waals surface area contributed by atoms with Crippen molar-refractivity contribution in [1.82, 2.24) is 10.7 Å². The molecule has 0 saturated carbocycles. The van der Waals surface area contributed by atoms with Gasteiger partial charge in [0.2, 0.25) is 0 Å². The number of nitrogens with one attached hydrogen (secondary N) is 2. The highest BCUT2D eigenvalue weighted by atomic mass is 16.5. The van der Waals surface area contributed by atoms with Crippen molar-refractivity contribution in [2.75, 3.05) is 7.11 Å². The molecule has 0 aromatic heterocycles. The lowest BCUT2D eigenvalue weighted by molar-refractivity contribution is -0.123. The topological polar surface area (TPSA) is 79.8 Å². The number of benzene rings is 2. The van der Waals surface area contributed by atoms with Crippen LogP contribution in [0.4, 0.5) is 4.79 Å². The van der Waals surface area contributed by atoms with E-state index in [9.17, 15) is 9.59 Å². The van der Waals surface area contributed by atoms with Crippen LogP contribution in [0.15, 0.2) is 65.8 Å². The predicted molar refractivity (Wildman–Crippen MR) is 105 cm³/mol. The minimum atomic E-state index is -0.728. The van der Waals surface area contributed by atoms with E-state index in [2.05, 4.69) is 20.6 Å². The lowest BCUT2D eigenvalue weighted by atomic mass is 10.0. The molecule has 0 aliphatic rings. The van der Waals surface area contributed by atoms with Gasteiger partial charge in [0.1, 0.15) is 6.04 Å². The average Bonchev–Trinajstić information content (AvgIpc) is 2.68. The quantitative estimate of drug-likeness (QED) is 0.582.